The summed E-state index contributed by atoms with van der Waals surface area (Å²) in [4.78, 5) is 21.7. The molecule has 0 fully saturated rings. The Kier molecular flexibility index (Phi) is 84.6. The Bertz CT molecular complexity index is 987. The van der Waals surface area contributed by atoms with Crippen LogP contribution >= 0.6 is 8.60 Å². The van der Waals surface area contributed by atoms with Gasteiger partial charge in [-0.2, -0.15) is 0 Å². The van der Waals surface area contributed by atoms with E-state index in [1.165, 1.54) is 186 Å². The third-order valence-electron chi connectivity index (χ3n) is 12.9. The van der Waals surface area contributed by atoms with Crippen molar-refractivity contribution in [2.24, 2.45) is 0 Å². The highest BCUT2D eigenvalue weighted by Crippen LogP contribution is 2.19. The predicted molar refractivity (Wildman–Crippen MR) is 311 cm³/mol. The van der Waals surface area contributed by atoms with Gasteiger partial charge in [0.1, 0.15) is 61.0 Å². The van der Waals surface area contributed by atoms with E-state index in [4.69, 9.17) is 101 Å². The molecular weight excluding hydrogens is 1070 g/mol. The number of unbranched alkanes of at least 4 members (excludes halogenated alkanes) is 30. The Hall–Kier alpha value is -0.490. The second-order valence-electron chi connectivity index (χ2n) is 20.3. The summed E-state index contributed by atoms with van der Waals surface area (Å²) < 4.78 is 6.05. The molecule has 0 aliphatic rings. The molecule has 24 heteroatoms. The van der Waals surface area contributed by atoms with Crippen molar-refractivity contribution in [3.63, 3.8) is 0 Å². The van der Waals surface area contributed by atoms with Crippen LogP contribution in [0.1, 0.15) is 226 Å². The minimum Gasteiger partial charge on any atom is -0.394 e. The van der Waals surface area contributed by atoms with Crippen LogP contribution in [0.25, 0.3) is 0 Å². The summed E-state index contributed by atoms with van der Waals surface area (Å²) in [5.74, 6) is 0. The van der Waals surface area contributed by atoms with Crippen LogP contribution in [-0.2, 0) is 4.74 Å². The van der Waals surface area contributed by atoms with E-state index in [1.807, 2.05) is 0 Å². The average molecular weight is 1200 g/mol. The van der Waals surface area contributed by atoms with Crippen LogP contribution in [0.15, 0.2) is 0 Å². The standard InChI is InChI=1S/C40H82O4.4C4H10O4.H3O3P/c1-3-5-7-9-11-13-15-17-19-21-23-25-27-29-31-33-35-39(40(43)38(42)37-41)44-36-34-32-30-28-26-24-22-20-18-16-14-12-10-8-6-4-2;4*5-1-3(7)4(8)2-6;1-4(2)3/h38-43H,3-37H2,1-2H3;4*3-8H,1-2H2;1-3H/t38-,39?,40-;4*3-,4+;/m1...../s1. The number of ether oxygens (including phenoxy) is 1. The van der Waals surface area contributed by atoms with Crippen molar-refractivity contribution < 1.29 is 116 Å². The molecule has 80 heavy (non-hydrogen) atoms. The van der Waals surface area contributed by atoms with Crippen LogP contribution in [0.2, 0.25) is 0 Å². The molecule has 0 aromatic rings. The molecule has 0 radical (unpaired) electrons. The highest BCUT2D eigenvalue weighted by Gasteiger charge is 2.26. The molecule has 0 saturated heterocycles. The lowest BCUT2D eigenvalue weighted by Gasteiger charge is -2.26. The molecule has 0 rings (SSSR count). The first-order valence-electron chi connectivity index (χ1n) is 30.0. The maximum atomic E-state index is 10.5. The fourth-order valence-electron chi connectivity index (χ4n) is 7.46. The zero-order chi connectivity index (χ0) is 62.0. The monoisotopic (exact) mass is 1200 g/mol. The highest BCUT2D eigenvalue weighted by atomic mass is 31.2. The number of aliphatic hydroxyl groups is 19. The SMILES string of the molecule is CCCCCCCCCCCCCCCCCCOC(CCCCCCCCCCCCCCCCCC)[C@H](O)[C@H](O)CO.OC[C@@H](O)[C@@H](O)CO.OC[C@@H](O)[C@@H](O)CO.OC[C@@H](O)[C@@H](O)CO.OC[C@@H](O)[C@@H](O)CO.OP(O)O. The van der Waals surface area contributed by atoms with Crippen LogP contribution < -0.4 is 0 Å². The van der Waals surface area contributed by atoms with Gasteiger partial charge in [0.15, 0.2) is 0 Å². The van der Waals surface area contributed by atoms with E-state index in [0.717, 1.165) is 25.7 Å². The Morgan fingerprint density at radius 1 is 0.250 bits per heavy atom. The first-order chi connectivity index (χ1) is 38.3. The van der Waals surface area contributed by atoms with Crippen molar-refractivity contribution in [1.82, 2.24) is 0 Å². The van der Waals surface area contributed by atoms with E-state index in [2.05, 4.69) is 13.8 Å². The largest absolute Gasteiger partial charge is 0.394 e. The number of hydrogen-bond donors (Lipinski definition) is 22. The van der Waals surface area contributed by atoms with Gasteiger partial charge >= 0.3 is 8.60 Å². The molecule has 0 spiro atoms. The molecule has 492 valence electrons. The molecule has 23 nitrogen and oxygen atoms in total. The fourth-order valence-corrected chi connectivity index (χ4v) is 7.46. The smallest absolute Gasteiger partial charge is 0.324 e. The topological polar surface area (TPSA) is 454 Å². The summed E-state index contributed by atoms with van der Waals surface area (Å²) in [5, 5.41) is 162. The molecule has 0 saturated carbocycles. The van der Waals surface area contributed by atoms with Crippen LogP contribution in [0.3, 0.4) is 0 Å². The molecule has 0 aromatic heterocycles. The normalized spacial score (nSPS) is 15.3. The van der Waals surface area contributed by atoms with E-state index in [0.29, 0.717) is 6.61 Å². The van der Waals surface area contributed by atoms with Gasteiger partial charge in [-0.15, -0.1) is 0 Å². The lowest BCUT2D eigenvalue weighted by atomic mass is 10.00. The highest BCUT2D eigenvalue weighted by molar-refractivity contribution is 7.38. The first kappa shape index (κ1) is 90.7. The van der Waals surface area contributed by atoms with Crippen molar-refractivity contribution in [2.75, 3.05) is 66.1 Å². The third-order valence-corrected chi connectivity index (χ3v) is 12.9. The Morgan fingerprint density at radius 3 is 0.588 bits per heavy atom. The molecule has 0 aromatic carbocycles. The summed E-state index contributed by atoms with van der Waals surface area (Å²) in [6.45, 7) is 0.579. The molecule has 11 atom stereocenters. The Labute approximate surface area is 482 Å². The minimum absolute atomic E-state index is 0.375. The van der Waals surface area contributed by atoms with Crippen molar-refractivity contribution >= 4 is 8.60 Å². The van der Waals surface area contributed by atoms with E-state index < -0.39 is 129 Å². The van der Waals surface area contributed by atoms with Gasteiger partial charge in [0.2, 0.25) is 0 Å². The lowest BCUT2D eigenvalue weighted by molar-refractivity contribution is -0.105. The van der Waals surface area contributed by atoms with Gasteiger partial charge in [-0.1, -0.05) is 213 Å². The first-order valence-corrected chi connectivity index (χ1v) is 31.2. The Morgan fingerprint density at radius 2 is 0.412 bits per heavy atom. The molecule has 1 unspecified atom stereocenters. The zero-order valence-corrected chi connectivity index (χ0v) is 50.3. The van der Waals surface area contributed by atoms with Gasteiger partial charge in [0.25, 0.3) is 0 Å². The van der Waals surface area contributed by atoms with Crippen molar-refractivity contribution in [2.45, 2.75) is 293 Å². The molecule has 0 heterocycles. The predicted octanol–water partition coefficient (Wildman–Crippen LogP) is 1.96. The number of aliphatic hydroxyl groups excluding tert-OH is 19. The van der Waals surface area contributed by atoms with Gasteiger partial charge in [-0.3, -0.25) is 0 Å². The second kappa shape index (κ2) is 74.6. The summed E-state index contributed by atoms with van der Waals surface area (Å²) in [7, 11) is -2.62. The summed E-state index contributed by atoms with van der Waals surface area (Å²) in [5.41, 5.74) is 0. The van der Waals surface area contributed by atoms with Crippen molar-refractivity contribution in [3.05, 3.63) is 0 Å². The molecule has 0 amide bonds. The van der Waals surface area contributed by atoms with Crippen molar-refractivity contribution in [3.8, 4) is 0 Å². The van der Waals surface area contributed by atoms with Crippen LogP contribution in [0.5, 0.6) is 0 Å². The summed E-state index contributed by atoms with van der Waals surface area (Å²) in [6, 6.07) is 0. The summed E-state index contributed by atoms with van der Waals surface area (Å²) in [6.07, 6.45) is 31.6. The van der Waals surface area contributed by atoms with E-state index in [1.54, 1.807) is 0 Å². The van der Waals surface area contributed by atoms with Gasteiger partial charge in [-0.05, 0) is 12.8 Å². The lowest BCUT2D eigenvalue weighted by Crippen LogP contribution is -2.41. The Balaban J connectivity index is -0.000000300. The zero-order valence-electron chi connectivity index (χ0n) is 49.5. The average Bonchev–Trinajstić information content (AvgIpc) is 3.47. The number of rotatable bonds is 50. The fraction of sp³-hybridized carbons (Fsp3) is 1.00. The molecular formula is C56H125O23P. The van der Waals surface area contributed by atoms with Crippen LogP contribution in [0, 0.1) is 0 Å². The van der Waals surface area contributed by atoms with Crippen LogP contribution in [-0.4, -0.2) is 245 Å². The van der Waals surface area contributed by atoms with E-state index >= 15 is 0 Å². The van der Waals surface area contributed by atoms with Gasteiger partial charge in [-0.25, -0.2) is 0 Å². The third kappa shape index (κ3) is 73.6. The minimum atomic E-state index is -2.62. The molecule has 22 N–H and O–H groups in total. The maximum Gasteiger partial charge on any atom is 0.324 e. The second-order valence-corrected chi connectivity index (χ2v) is 20.8. The number of hydrogen-bond acceptors (Lipinski definition) is 23. The maximum absolute atomic E-state index is 10.5. The van der Waals surface area contributed by atoms with Gasteiger partial charge in [0, 0.05) is 6.61 Å². The van der Waals surface area contributed by atoms with E-state index in [9.17, 15) is 15.3 Å². The molecule has 0 bridgehead atoms. The van der Waals surface area contributed by atoms with Crippen LogP contribution in [0.4, 0.5) is 0 Å². The summed E-state index contributed by atoms with van der Waals surface area (Å²) >= 11 is 0. The van der Waals surface area contributed by atoms with Gasteiger partial charge < -0.3 is 116 Å². The van der Waals surface area contributed by atoms with Gasteiger partial charge in [0.05, 0.1) is 65.6 Å². The molecule has 0 aliphatic carbocycles. The van der Waals surface area contributed by atoms with Crippen molar-refractivity contribution in [1.29, 1.82) is 0 Å². The van der Waals surface area contributed by atoms with E-state index in [-0.39, 0.29) is 6.10 Å². The molecule has 0 aliphatic heterocycles. The quantitative estimate of drug-likeness (QED) is 0.0306.